The quantitative estimate of drug-likeness (QED) is 0.607. The average Bonchev–Trinajstić information content (AvgIpc) is 2.67. The minimum atomic E-state index is -0.475. The summed E-state index contributed by atoms with van der Waals surface area (Å²) in [4.78, 5) is 12.8. The fourth-order valence-corrected chi connectivity index (χ4v) is 4.21. The first kappa shape index (κ1) is 18.3. The summed E-state index contributed by atoms with van der Waals surface area (Å²) in [6.07, 6.45) is 0.532. The molecule has 1 aliphatic rings. The average molecular weight is 372 g/mol. The lowest BCUT2D eigenvalue weighted by molar-refractivity contribution is 0.0375. The molecule has 0 saturated heterocycles. The van der Waals surface area contributed by atoms with Crippen LogP contribution in [0.5, 0.6) is 5.75 Å². The number of rotatable bonds is 3. The summed E-state index contributed by atoms with van der Waals surface area (Å²) in [7, 11) is 0. The zero-order valence-corrected chi connectivity index (χ0v) is 16.4. The van der Waals surface area contributed by atoms with Gasteiger partial charge in [0.15, 0.2) is 0 Å². The van der Waals surface area contributed by atoms with Gasteiger partial charge in [0, 0.05) is 11.5 Å². The van der Waals surface area contributed by atoms with Crippen molar-refractivity contribution in [3.63, 3.8) is 0 Å². The molecular weight excluding hydrogens is 348 g/mol. The molecule has 0 spiro atoms. The van der Waals surface area contributed by atoms with Crippen LogP contribution >= 0.6 is 0 Å². The van der Waals surface area contributed by atoms with E-state index < -0.39 is 5.97 Å². The van der Waals surface area contributed by atoms with Crippen LogP contribution in [0, 0.1) is 6.92 Å². The summed E-state index contributed by atoms with van der Waals surface area (Å²) in [5, 5.41) is 10.6. The van der Waals surface area contributed by atoms with Crippen LogP contribution in [0.3, 0.4) is 0 Å². The molecule has 1 atom stereocenters. The zero-order valence-electron chi connectivity index (χ0n) is 16.4. The van der Waals surface area contributed by atoms with Crippen molar-refractivity contribution in [1.82, 2.24) is 0 Å². The molecule has 0 radical (unpaired) electrons. The highest BCUT2D eigenvalue weighted by atomic mass is 16.5. The molecule has 0 bridgehead atoms. The van der Waals surface area contributed by atoms with E-state index in [9.17, 15) is 9.90 Å². The summed E-state index contributed by atoms with van der Waals surface area (Å²) in [5.74, 6) is -0.284. The maximum Gasteiger partial charge on any atom is 0.342 e. The third-order valence-corrected chi connectivity index (χ3v) is 5.40. The predicted octanol–water partition coefficient (Wildman–Crippen LogP) is 5.62. The van der Waals surface area contributed by atoms with E-state index >= 15 is 0 Å². The number of aromatic hydroxyl groups is 1. The van der Waals surface area contributed by atoms with E-state index in [-0.39, 0.29) is 23.3 Å². The fraction of sp³-hybridized carbons (Fsp3) is 0.240. The maximum absolute atomic E-state index is 12.8. The van der Waals surface area contributed by atoms with Crippen LogP contribution in [0.25, 0.3) is 11.1 Å². The number of esters is 1. The number of hydrogen-bond acceptors (Lipinski definition) is 3. The number of phenols is 1. The topological polar surface area (TPSA) is 46.5 Å². The molecule has 4 rings (SSSR count). The molecule has 142 valence electrons. The van der Waals surface area contributed by atoms with Gasteiger partial charge in [-0.05, 0) is 61.1 Å². The Labute approximate surface area is 165 Å². The van der Waals surface area contributed by atoms with Gasteiger partial charge in [-0.25, -0.2) is 4.79 Å². The predicted molar refractivity (Wildman–Crippen MR) is 111 cm³/mol. The third kappa shape index (κ3) is 3.07. The number of carbonyl (C=O) groups excluding carboxylic acids is 1. The Balaban J connectivity index is 1.96. The number of benzene rings is 3. The molecule has 0 aliphatic heterocycles. The number of carbonyl (C=O) groups is 1. The van der Waals surface area contributed by atoms with Gasteiger partial charge in [0.2, 0.25) is 0 Å². The Morgan fingerprint density at radius 1 is 1.07 bits per heavy atom. The molecule has 0 fully saturated rings. The molecule has 0 amide bonds. The Bertz CT molecular complexity index is 1040. The summed E-state index contributed by atoms with van der Waals surface area (Å²) in [6.45, 7) is 5.62. The van der Waals surface area contributed by atoms with Crippen molar-refractivity contribution in [1.29, 1.82) is 0 Å². The largest absolute Gasteiger partial charge is 0.507 e. The summed E-state index contributed by atoms with van der Waals surface area (Å²) in [5.41, 5.74) is 6.58. The van der Waals surface area contributed by atoms with Crippen LogP contribution < -0.4 is 0 Å². The van der Waals surface area contributed by atoms with Gasteiger partial charge in [0.05, 0.1) is 6.10 Å². The molecule has 3 aromatic carbocycles. The van der Waals surface area contributed by atoms with Gasteiger partial charge in [-0.1, -0.05) is 54.6 Å². The van der Waals surface area contributed by atoms with Crippen molar-refractivity contribution < 1.29 is 14.6 Å². The van der Waals surface area contributed by atoms with Gasteiger partial charge in [0.1, 0.15) is 11.3 Å². The van der Waals surface area contributed by atoms with Crippen LogP contribution in [0.4, 0.5) is 0 Å². The van der Waals surface area contributed by atoms with E-state index in [1.807, 2.05) is 45.0 Å². The van der Waals surface area contributed by atoms with Crippen LogP contribution in [-0.4, -0.2) is 17.2 Å². The van der Waals surface area contributed by atoms with Crippen molar-refractivity contribution in [2.24, 2.45) is 0 Å². The fourth-order valence-electron chi connectivity index (χ4n) is 4.21. The molecule has 0 aromatic heterocycles. The smallest absolute Gasteiger partial charge is 0.342 e. The zero-order chi connectivity index (χ0) is 19.8. The molecule has 1 aliphatic carbocycles. The molecule has 3 heteroatoms. The van der Waals surface area contributed by atoms with Crippen molar-refractivity contribution in [2.45, 2.75) is 39.2 Å². The second-order valence-electron chi connectivity index (χ2n) is 7.65. The molecule has 0 saturated carbocycles. The third-order valence-electron chi connectivity index (χ3n) is 5.40. The number of hydrogen-bond donors (Lipinski definition) is 1. The van der Waals surface area contributed by atoms with Crippen LogP contribution in [-0.2, 0) is 11.2 Å². The van der Waals surface area contributed by atoms with Crippen molar-refractivity contribution in [3.05, 3.63) is 88.5 Å². The lowest BCUT2D eigenvalue weighted by atomic mass is 9.73. The highest BCUT2D eigenvalue weighted by molar-refractivity contribution is 6.02. The van der Waals surface area contributed by atoms with E-state index in [1.165, 1.54) is 11.1 Å². The van der Waals surface area contributed by atoms with Gasteiger partial charge in [-0.3, -0.25) is 0 Å². The number of phenolic OH excluding ortho intramolecular Hbond substituents is 1. The molecule has 3 nitrogen and oxygen atoms in total. The highest BCUT2D eigenvalue weighted by Gasteiger charge is 2.32. The Morgan fingerprint density at radius 3 is 2.46 bits per heavy atom. The first-order valence-electron chi connectivity index (χ1n) is 9.68. The van der Waals surface area contributed by atoms with Crippen molar-refractivity contribution in [3.8, 4) is 16.9 Å². The number of aryl methyl sites for hydroxylation is 1. The minimum absolute atomic E-state index is 0.0186. The molecule has 0 heterocycles. The Morgan fingerprint density at radius 2 is 1.75 bits per heavy atom. The van der Waals surface area contributed by atoms with E-state index in [0.717, 1.165) is 28.7 Å². The van der Waals surface area contributed by atoms with Gasteiger partial charge in [-0.2, -0.15) is 0 Å². The Kier molecular flexibility index (Phi) is 4.68. The molecule has 1 unspecified atom stereocenters. The minimum Gasteiger partial charge on any atom is -0.507 e. The SMILES string of the molecule is Cc1cc(O)c(C(=O)OC(C)C)c2c1CC(c1ccccc1)c1ccccc1-2. The van der Waals surface area contributed by atoms with Crippen LogP contribution in [0.1, 0.15) is 52.4 Å². The van der Waals surface area contributed by atoms with Gasteiger partial charge in [-0.15, -0.1) is 0 Å². The Hall–Kier alpha value is -3.07. The second kappa shape index (κ2) is 7.16. The standard InChI is InChI=1S/C25H24O3/c1-15(2)28-25(27)24-22(26)13-16(3)20-14-21(17-9-5-4-6-10-17)18-11-7-8-12-19(18)23(20)24/h4-13,15,21,26H,14H2,1-3H3. The number of ether oxygens (including phenoxy) is 1. The second-order valence-corrected chi connectivity index (χ2v) is 7.65. The summed E-state index contributed by atoms with van der Waals surface area (Å²) < 4.78 is 5.45. The van der Waals surface area contributed by atoms with E-state index in [1.54, 1.807) is 6.07 Å². The van der Waals surface area contributed by atoms with Crippen LogP contribution in [0.15, 0.2) is 60.7 Å². The summed E-state index contributed by atoms with van der Waals surface area (Å²) in [6, 6.07) is 20.3. The molecule has 3 aromatic rings. The number of fused-ring (bicyclic) bond motifs is 3. The first-order chi connectivity index (χ1) is 13.5. The lowest BCUT2D eigenvalue weighted by Crippen LogP contribution is -2.19. The van der Waals surface area contributed by atoms with Crippen molar-refractivity contribution >= 4 is 5.97 Å². The summed E-state index contributed by atoms with van der Waals surface area (Å²) >= 11 is 0. The van der Waals surface area contributed by atoms with Gasteiger partial charge in [0.25, 0.3) is 0 Å². The van der Waals surface area contributed by atoms with Crippen LogP contribution in [0.2, 0.25) is 0 Å². The van der Waals surface area contributed by atoms with Gasteiger partial charge >= 0.3 is 5.97 Å². The molecular formula is C25H24O3. The monoisotopic (exact) mass is 372 g/mol. The van der Waals surface area contributed by atoms with Crippen molar-refractivity contribution in [2.75, 3.05) is 0 Å². The highest BCUT2D eigenvalue weighted by Crippen LogP contribution is 2.47. The van der Waals surface area contributed by atoms with E-state index in [2.05, 4.69) is 30.3 Å². The van der Waals surface area contributed by atoms with E-state index in [4.69, 9.17) is 4.74 Å². The lowest BCUT2D eigenvalue weighted by Gasteiger charge is -2.31. The van der Waals surface area contributed by atoms with Gasteiger partial charge < -0.3 is 9.84 Å². The normalized spacial score (nSPS) is 15.1. The van der Waals surface area contributed by atoms with E-state index in [0.29, 0.717) is 0 Å². The molecule has 1 N–H and O–H groups in total. The first-order valence-corrected chi connectivity index (χ1v) is 9.68. The molecule has 28 heavy (non-hydrogen) atoms. The maximum atomic E-state index is 12.8.